The van der Waals surface area contributed by atoms with Gasteiger partial charge in [-0.05, 0) is 50.2 Å². The zero-order chi connectivity index (χ0) is 20.0. The van der Waals surface area contributed by atoms with Crippen molar-refractivity contribution in [3.63, 3.8) is 0 Å². The van der Waals surface area contributed by atoms with Crippen molar-refractivity contribution in [3.05, 3.63) is 56.9 Å². The third kappa shape index (κ3) is 2.52. The van der Waals surface area contributed by atoms with E-state index >= 15 is 0 Å². The van der Waals surface area contributed by atoms with Gasteiger partial charge in [-0.1, -0.05) is 0 Å². The smallest absolute Gasteiger partial charge is 0.0549 e. The minimum absolute atomic E-state index is 1.38. The van der Waals surface area contributed by atoms with Crippen LogP contribution in [0.3, 0.4) is 0 Å². The summed E-state index contributed by atoms with van der Waals surface area (Å²) < 4.78 is 8.63. The normalized spacial score (nSPS) is 12.3. The van der Waals surface area contributed by atoms with Crippen LogP contribution in [0.2, 0.25) is 0 Å². The number of fused-ring (bicyclic) bond motifs is 6. The van der Waals surface area contributed by atoms with Gasteiger partial charge in [0.05, 0.1) is 18.8 Å². The van der Waals surface area contributed by atoms with E-state index < -0.39 is 0 Å². The van der Waals surface area contributed by atoms with Crippen molar-refractivity contribution in [1.29, 1.82) is 0 Å². The van der Waals surface area contributed by atoms with Crippen molar-refractivity contribution >= 4 is 107 Å². The zero-order valence-corrected chi connectivity index (χ0v) is 21.0. The Morgan fingerprint density at radius 2 is 1.03 bits per heavy atom. The Kier molecular flexibility index (Phi) is 3.90. The van der Waals surface area contributed by atoms with Crippen LogP contribution in [0, 0.1) is 13.8 Å². The molecule has 1 aromatic carbocycles. The Morgan fingerprint density at radius 1 is 0.533 bits per heavy atom. The fourth-order valence-electron chi connectivity index (χ4n) is 4.07. The molecule has 146 valence electrons. The molecule has 6 aromatic heterocycles. The Hall–Kier alpha value is -1.54. The van der Waals surface area contributed by atoms with Gasteiger partial charge in [0.1, 0.15) is 0 Å². The minimum Gasteiger partial charge on any atom is -0.142 e. The topological polar surface area (TPSA) is 0 Å². The second-order valence-corrected chi connectivity index (χ2v) is 13.9. The summed E-state index contributed by atoms with van der Waals surface area (Å²) in [6.45, 7) is 4.38. The highest BCUT2D eigenvalue weighted by Crippen LogP contribution is 2.50. The number of hydrogen-bond donors (Lipinski definition) is 0. The summed E-state index contributed by atoms with van der Waals surface area (Å²) in [5, 5.41) is 7.55. The van der Waals surface area contributed by atoms with E-state index in [-0.39, 0.29) is 0 Å². The molecule has 0 aliphatic carbocycles. The molecule has 7 aromatic rings. The highest BCUT2D eigenvalue weighted by molar-refractivity contribution is 7.35. The summed E-state index contributed by atoms with van der Waals surface area (Å²) in [5.74, 6) is 0. The molecule has 0 spiro atoms. The molecule has 0 amide bonds. The van der Waals surface area contributed by atoms with E-state index in [1.165, 1.54) is 69.6 Å². The molecule has 0 fully saturated rings. The monoisotopic (exact) mass is 494 g/mol. The van der Waals surface area contributed by atoms with Crippen LogP contribution < -0.4 is 0 Å². The lowest BCUT2D eigenvalue weighted by Crippen LogP contribution is -1.64. The maximum atomic E-state index is 2.46. The minimum atomic E-state index is 1.38. The van der Waals surface area contributed by atoms with E-state index in [1.807, 2.05) is 68.0 Å². The second-order valence-electron chi connectivity index (χ2n) is 7.48. The Bertz CT molecular complexity index is 1600. The van der Waals surface area contributed by atoms with Crippen LogP contribution in [0.25, 0.3) is 59.9 Å². The van der Waals surface area contributed by atoms with Crippen LogP contribution in [-0.2, 0) is 0 Å². The lowest BCUT2D eigenvalue weighted by molar-refractivity contribution is 1.64. The first-order valence-electron chi connectivity index (χ1n) is 9.57. The molecule has 0 aliphatic heterocycles. The summed E-state index contributed by atoms with van der Waals surface area (Å²) in [7, 11) is 0. The van der Waals surface area contributed by atoms with Crippen molar-refractivity contribution < 1.29 is 0 Å². The van der Waals surface area contributed by atoms with Gasteiger partial charge in [0.2, 0.25) is 0 Å². The van der Waals surface area contributed by atoms with Gasteiger partial charge in [-0.3, -0.25) is 0 Å². The fourth-order valence-corrected chi connectivity index (χ4v) is 11.3. The largest absolute Gasteiger partial charge is 0.142 e. The molecule has 0 bridgehead atoms. The van der Waals surface area contributed by atoms with Crippen molar-refractivity contribution in [2.24, 2.45) is 0 Å². The van der Waals surface area contributed by atoms with Crippen LogP contribution >= 0.6 is 68.0 Å². The quantitative estimate of drug-likeness (QED) is 0.224. The summed E-state index contributed by atoms with van der Waals surface area (Å²) >= 11 is 11.5. The summed E-state index contributed by atoms with van der Waals surface area (Å²) in [4.78, 5) is 5.54. The molecule has 0 unspecified atom stereocenters. The number of aryl methyl sites for hydroxylation is 2. The molecule has 0 nitrogen and oxygen atoms in total. The average Bonchev–Trinajstić information content (AvgIpc) is 3.50. The van der Waals surface area contributed by atoms with E-state index in [1.54, 1.807) is 0 Å². The molecule has 0 saturated carbocycles. The van der Waals surface area contributed by atoms with Gasteiger partial charge in [-0.25, -0.2) is 0 Å². The first-order valence-corrected chi connectivity index (χ1v) is 14.6. The molecule has 0 N–H and O–H groups in total. The number of benzene rings is 1. The average molecular weight is 495 g/mol. The first kappa shape index (κ1) is 18.1. The molecular formula is C24H14S6. The van der Waals surface area contributed by atoms with Gasteiger partial charge in [-0.2, -0.15) is 0 Å². The number of thiophene rings is 6. The van der Waals surface area contributed by atoms with Crippen LogP contribution in [0.15, 0.2) is 47.2 Å². The van der Waals surface area contributed by atoms with E-state index in [4.69, 9.17) is 0 Å². The van der Waals surface area contributed by atoms with Crippen molar-refractivity contribution in [2.45, 2.75) is 13.8 Å². The highest BCUT2D eigenvalue weighted by Gasteiger charge is 2.18. The first-order chi connectivity index (χ1) is 14.7. The molecule has 0 atom stereocenters. The lowest BCUT2D eigenvalue weighted by atomic mass is 10.1. The SMILES string of the molecule is Cc1ccc(-c2csc3c2sc2cc4sc5c(-c6ccc(C)s6)csc5c4cc23)s1. The Labute approximate surface area is 197 Å². The van der Waals surface area contributed by atoms with Gasteiger partial charge in [0.25, 0.3) is 0 Å². The van der Waals surface area contributed by atoms with Crippen LogP contribution in [0.5, 0.6) is 0 Å². The van der Waals surface area contributed by atoms with Gasteiger partial charge in [-0.15, -0.1) is 68.0 Å². The predicted octanol–water partition coefficient (Wildman–Crippen LogP) is 10.6. The van der Waals surface area contributed by atoms with Crippen molar-refractivity contribution in [2.75, 3.05) is 0 Å². The highest BCUT2D eigenvalue weighted by atomic mass is 32.1. The van der Waals surface area contributed by atoms with E-state index in [9.17, 15) is 0 Å². The van der Waals surface area contributed by atoms with E-state index in [2.05, 4.69) is 61.0 Å². The summed E-state index contributed by atoms with van der Waals surface area (Å²) in [6.07, 6.45) is 0. The molecule has 30 heavy (non-hydrogen) atoms. The maximum absolute atomic E-state index is 2.46. The second kappa shape index (κ2) is 6.48. The number of rotatable bonds is 2. The Morgan fingerprint density at radius 3 is 1.47 bits per heavy atom. The third-order valence-electron chi connectivity index (χ3n) is 5.50. The van der Waals surface area contributed by atoms with Gasteiger partial charge in [0.15, 0.2) is 0 Å². The molecule has 0 radical (unpaired) electrons. The Balaban J connectivity index is 1.48. The van der Waals surface area contributed by atoms with E-state index in [0.29, 0.717) is 0 Å². The van der Waals surface area contributed by atoms with Crippen LogP contribution in [0.4, 0.5) is 0 Å². The van der Waals surface area contributed by atoms with Crippen molar-refractivity contribution in [3.8, 4) is 20.9 Å². The lowest BCUT2D eigenvalue weighted by Gasteiger charge is -1.92. The summed E-state index contributed by atoms with van der Waals surface area (Å²) in [5.41, 5.74) is 2.82. The van der Waals surface area contributed by atoms with Gasteiger partial charge >= 0.3 is 0 Å². The predicted molar refractivity (Wildman–Crippen MR) is 144 cm³/mol. The molecule has 7 rings (SSSR count). The molecule has 6 heterocycles. The third-order valence-corrected chi connectivity index (χ3v) is 12.2. The van der Waals surface area contributed by atoms with Crippen molar-refractivity contribution in [1.82, 2.24) is 0 Å². The van der Waals surface area contributed by atoms with Crippen LogP contribution in [0.1, 0.15) is 9.75 Å². The van der Waals surface area contributed by atoms with E-state index in [0.717, 1.165) is 0 Å². The maximum Gasteiger partial charge on any atom is 0.0549 e. The fraction of sp³-hybridized carbons (Fsp3) is 0.0833. The van der Waals surface area contributed by atoms with Gasteiger partial charge < -0.3 is 0 Å². The standard InChI is InChI=1S/C24H14S6/c1-11-3-5-17(27-11)15-9-25-21-13-7-14-20(8-19(13)29-23(15)21)30-24-16(10-26-22(14)24)18-6-4-12(2)28-18/h3-10H,1-2H3. The number of hydrogen-bond acceptors (Lipinski definition) is 6. The molecule has 0 aliphatic rings. The van der Waals surface area contributed by atoms with Gasteiger partial charge in [0, 0.05) is 61.6 Å². The summed E-state index contributed by atoms with van der Waals surface area (Å²) in [6, 6.07) is 13.9. The molecule has 6 heteroatoms. The van der Waals surface area contributed by atoms with Crippen LogP contribution in [-0.4, -0.2) is 0 Å². The zero-order valence-electron chi connectivity index (χ0n) is 16.1. The molecule has 0 saturated heterocycles. The molecular weight excluding hydrogens is 481 g/mol.